The Balaban J connectivity index is 1.31. The van der Waals surface area contributed by atoms with Crippen molar-refractivity contribution >= 4 is 17.9 Å². The van der Waals surface area contributed by atoms with E-state index in [1.54, 1.807) is 20.8 Å². The number of hydrogen-bond acceptors (Lipinski definition) is 6. The quantitative estimate of drug-likeness (QED) is 0.0655. The molecule has 0 radical (unpaired) electrons. The molecule has 0 saturated carbocycles. The summed E-state index contributed by atoms with van der Waals surface area (Å²) in [5.74, 6) is -1.09. The number of hydrogen-bond donors (Lipinski definition) is 4. The molecule has 0 bridgehead atoms. The van der Waals surface area contributed by atoms with Crippen molar-refractivity contribution in [1.82, 2.24) is 31.0 Å². The van der Waals surface area contributed by atoms with E-state index in [-0.39, 0.29) is 6.42 Å². The molecule has 0 aliphatic rings. The molecule has 10 nitrogen and oxygen atoms in total. The summed E-state index contributed by atoms with van der Waals surface area (Å²) in [6, 6.07) is 60.0. The fourth-order valence-corrected chi connectivity index (χ4v) is 7.89. The van der Waals surface area contributed by atoms with Crippen LogP contribution in [0, 0.1) is 0 Å². The predicted octanol–water partition coefficient (Wildman–Crippen LogP) is 7.89. The summed E-state index contributed by atoms with van der Waals surface area (Å²) in [4.78, 5) is 45.0. The summed E-state index contributed by atoms with van der Waals surface area (Å²) in [6.45, 7) is 4.73. The second-order valence-electron chi connectivity index (χ2n) is 15.7. The second-order valence-corrected chi connectivity index (χ2v) is 15.7. The van der Waals surface area contributed by atoms with E-state index in [0.29, 0.717) is 5.69 Å². The first-order valence-corrected chi connectivity index (χ1v) is 20.3. The molecule has 10 heteroatoms. The minimum atomic E-state index is -1.03. The van der Waals surface area contributed by atoms with Crippen molar-refractivity contribution in [2.45, 2.75) is 49.9 Å². The monoisotopic (exact) mass is 810 g/mol. The summed E-state index contributed by atoms with van der Waals surface area (Å²) in [5, 5.41) is 6.65. The molecule has 7 aromatic rings. The Bertz CT molecular complexity index is 2300. The first-order valence-electron chi connectivity index (χ1n) is 20.3. The number of amides is 3. The molecule has 1 heterocycles. The van der Waals surface area contributed by atoms with Crippen LogP contribution in [0.2, 0.25) is 0 Å². The van der Waals surface area contributed by atoms with Gasteiger partial charge in [0.1, 0.15) is 11.1 Å². The Hall–Kier alpha value is -7.30. The summed E-state index contributed by atoms with van der Waals surface area (Å²) >= 11 is 0. The van der Waals surface area contributed by atoms with Gasteiger partial charge in [0, 0.05) is 12.6 Å². The maximum Gasteiger partial charge on any atom is 0.426 e. The van der Waals surface area contributed by atoms with Crippen molar-refractivity contribution in [3.63, 3.8) is 0 Å². The van der Waals surface area contributed by atoms with Crippen LogP contribution < -0.4 is 21.5 Å². The molecule has 0 aliphatic heterocycles. The highest BCUT2D eigenvalue weighted by molar-refractivity contribution is 5.88. The average molecular weight is 811 g/mol. The van der Waals surface area contributed by atoms with E-state index >= 15 is 0 Å². The Morgan fingerprint density at radius 3 is 1.36 bits per heavy atom. The number of nitrogens with one attached hydrogen (secondary N) is 4. The van der Waals surface area contributed by atoms with Gasteiger partial charge in [-0.1, -0.05) is 182 Å². The van der Waals surface area contributed by atoms with E-state index in [9.17, 15) is 14.4 Å². The van der Waals surface area contributed by atoms with Crippen molar-refractivity contribution in [1.29, 1.82) is 0 Å². The smallest absolute Gasteiger partial charge is 0.426 e. The predicted molar refractivity (Wildman–Crippen MR) is 237 cm³/mol. The van der Waals surface area contributed by atoms with Crippen LogP contribution in [0.1, 0.15) is 59.8 Å². The van der Waals surface area contributed by atoms with Crippen LogP contribution in [0.15, 0.2) is 195 Å². The Kier molecular flexibility index (Phi) is 12.9. The molecule has 6 aromatic carbocycles. The van der Waals surface area contributed by atoms with Crippen molar-refractivity contribution < 1.29 is 19.1 Å². The zero-order chi connectivity index (χ0) is 42.7. The highest BCUT2D eigenvalue weighted by Gasteiger charge is 2.41. The van der Waals surface area contributed by atoms with Crippen molar-refractivity contribution in [2.24, 2.45) is 0 Å². The van der Waals surface area contributed by atoms with Gasteiger partial charge in [-0.3, -0.25) is 20.3 Å². The number of rotatable bonds is 14. The minimum absolute atomic E-state index is 0.138. The Morgan fingerprint density at radius 2 is 0.967 bits per heavy atom. The lowest BCUT2D eigenvalue weighted by molar-refractivity contribution is -0.127. The third-order valence-corrected chi connectivity index (χ3v) is 10.5. The van der Waals surface area contributed by atoms with Gasteiger partial charge in [0.2, 0.25) is 5.91 Å². The lowest BCUT2D eigenvalue weighted by Crippen LogP contribution is -2.57. The number of hydrazine groups is 1. The molecule has 0 aliphatic carbocycles. The molecule has 61 heavy (non-hydrogen) atoms. The van der Waals surface area contributed by atoms with Crippen LogP contribution in [-0.4, -0.2) is 45.6 Å². The van der Waals surface area contributed by atoms with Gasteiger partial charge in [-0.05, 0) is 54.2 Å². The molecule has 0 saturated heterocycles. The average Bonchev–Trinajstić information content (AvgIpc) is 3.76. The molecular formula is C51H50N6O4. The first-order chi connectivity index (χ1) is 29.6. The topological polar surface area (TPSA) is 126 Å². The first kappa shape index (κ1) is 41.8. The van der Waals surface area contributed by atoms with Crippen LogP contribution in [0.3, 0.4) is 0 Å². The SMILES string of the molecule is CC(C)(C)OC(=O)NNC(=O)CNC(=O)[C@H](Cc1cn(C(c2ccccc2)(c2ccccc2)c2ccccc2)cn1)NC(c1ccccc1)(c1ccccc1)c1ccccc1. The molecule has 0 fully saturated rings. The van der Waals surface area contributed by atoms with Crippen LogP contribution in [0.4, 0.5) is 4.79 Å². The van der Waals surface area contributed by atoms with E-state index in [1.165, 1.54) is 0 Å². The summed E-state index contributed by atoms with van der Waals surface area (Å²) in [6.07, 6.45) is 3.14. The molecular weight excluding hydrogens is 761 g/mol. The third kappa shape index (κ3) is 9.45. The molecule has 7 rings (SSSR count). The van der Waals surface area contributed by atoms with Gasteiger partial charge < -0.3 is 14.6 Å². The van der Waals surface area contributed by atoms with Crippen LogP contribution in [-0.2, 0) is 31.8 Å². The van der Waals surface area contributed by atoms with Crippen LogP contribution in [0.5, 0.6) is 0 Å². The molecule has 0 unspecified atom stereocenters. The fraction of sp³-hybridized carbons (Fsp3) is 0.176. The largest absolute Gasteiger partial charge is 0.443 e. The Labute approximate surface area is 357 Å². The van der Waals surface area contributed by atoms with Gasteiger partial charge in [-0.25, -0.2) is 15.2 Å². The standard InChI is InChI=1S/C51H50N6O4/c1-49(2,3)61-48(60)56-55-46(58)35-52-47(59)45(54-50(38-22-10-4-11-23-38,39-24-12-5-13-25-39)40-26-14-6-15-27-40)34-44-36-57(37-53-44)51(41-28-16-7-17-29-41,42-30-18-8-19-31-42)43-32-20-9-21-33-43/h4-33,36-37,45,54H,34-35H2,1-3H3,(H,52,59)(H,55,58)(H,56,60)/t45-/m0/s1. The third-order valence-electron chi connectivity index (χ3n) is 10.5. The van der Waals surface area contributed by atoms with Gasteiger partial charge in [0.15, 0.2) is 0 Å². The maximum absolute atomic E-state index is 14.7. The fourth-order valence-electron chi connectivity index (χ4n) is 7.89. The lowest BCUT2D eigenvalue weighted by Gasteiger charge is -2.40. The normalized spacial score (nSPS) is 12.2. The molecule has 1 aromatic heterocycles. The lowest BCUT2D eigenvalue weighted by atomic mass is 9.76. The van der Waals surface area contributed by atoms with Gasteiger partial charge in [0.05, 0.1) is 30.1 Å². The van der Waals surface area contributed by atoms with E-state index in [4.69, 9.17) is 9.72 Å². The van der Waals surface area contributed by atoms with Crippen molar-refractivity contribution in [3.8, 4) is 0 Å². The zero-order valence-corrected chi connectivity index (χ0v) is 34.5. The van der Waals surface area contributed by atoms with Crippen LogP contribution >= 0.6 is 0 Å². The highest BCUT2D eigenvalue weighted by atomic mass is 16.6. The zero-order valence-electron chi connectivity index (χ0n) is 34.5. The molecule has 4 N–H and O–H groups in total. The van der Waals surface area contributed by atoms with Crippen LogP contribution in [0.25, 0.3) is 0 Å². The number of carbonyl (C=O) groups is 3. The van der Waals surface area contributed by atoms with Gasteiger partial charge in [-0.2, -0.15) is 0 Å². The number of imidazole rings is 1. The van der Waals surface area contributed by atoms with E-state index in [2.05, 4.69) is 62.5 Å². The van der Waals surface area contributed by atoms with Gasteiger partial charge in [-0.15, -0.1) is 0 Å². The molecule has 308 valence electrons. The number of aromatic nitrogens is 2. The van der Waals surface area contributed by atoms with Crippen molar-refractivity contribution in [3.05, 3.63) is 234 Å². The highest BCUT2D eigenvalue weighted by Crippen LogP contribution is 2.41. The van der Waals surface area contributed by atoms with Gasteiger partial charge in [0.25, 0.3) is 5.91 Å². The maximum atomic E-state index is 14.7. The minimum Gasteiger partial charge on any atom is -0.443 e. The second kappa shape index (κ2) is 18.7. The van der Waals surface area contributed by atoms with E-state index in [1.807, 2.05) is 158 Å². The van der Waals surface area contributed by atoms with E-state index in [0.717, 1.165) is 33.4 Å². The number of nitrogens with zero attached hydrogens (tertiary/aromatic N) is 2. The number of carbonyl (C=O) groups excluding carboxylic acids is 3. The molecule has 3 amide bonds. The molecule has 1 atom stereocenters. The summed E-state index contributed by atoms with van der Waals surface area (Å²) < 4.78 is 7.36. The van der Waals surface area contributed by atoms with E-state index < -0.39 is 47.2 Å². The Morgan fingerprint density at radius 1 is 0.574 bits per heavy atom. The number of ether oxygens (including phenoxy) is 1. The summed E-state index contributed by atoms with van der Waals surface area (Å²) in [7, 11) is 0. The van der Waals surface area contributed by atoms with Gasteiger partial charge >= 0.3 is 6.09 Å². The molecule has 0 spiro atoms. The van der Waals surface area contributed by atoms with Crippen molar-refractivity contribution in [2.75, 3.05) is 6.54 Å². The summed E-state index contributed by atoms with van der Waals surface area (Å²) in [5.41, 5.74) is 8.43. The number of benzene rings is 6.